The molecule has 0 aliphatic heterocycles. The summed E-state index contributed by atoms with van der Waals surface area (Å²) < 4.78 is 23.9. The summed E-state index contributed by atoms with van der Waals surface area (Å²) in [5, 5.41) is 0. The van der Waals surface area contributed by atoms with Crippen LogP contribution in [0.5, 0.6) is 0 Å². The van der Waals surface area contributed by atoms with Gasteiger partial charge in [0.1, 0.15) is 0 Å². The molecule has 0 N–H and O–H groups in total. The lowest BCUT2D eigenvalue weighted by Gasteiger charge is -2.47. The van der Waals surface area contributed by atoms with Crippen LogP contribution in [0.15, 0.2) is 30.3 Å². The molecule has 27 heavy (non-hydrogen) atoms. The Morgan fingerprint density at radius 3 is 1.89 bits per heavy atom. The van der Waals surface area contributed by atoms with Gasteiger partial charge in [-0.2, -0.15) is 0 Å². The average Bonchev–Trinajstić information content (AvgIpc) is 2.66. The molecule has 1 rings (SSSR count). The van der Waals surface area contributed by atoms with Gasteiger partial charge in [0.2, 0.25) is 0 Å². The van der Waals surface area contributed by atoms with E-state index < -0.39 is 11.6 Å². The van der Waals surface area contributed by atoms with Crippen LogP contribution in [0.2, 0.25) is 0 Å². The lowest BCUT2D eigenvalue weighted by molar-refractivity contribution is -0.431. The first-order valence-electron chi connectivity index (χ1n) is 10.4. The van der Waals surface area contributed by atoms with Crippen molar-refractivity contribution >= 4 is 0 Å². The van der Waals surface area contributed by atoms with Crippen LogP contribution in [-0.2, 0) is 25.4 Å². The van der Waals surface area contributed by atoms with Gasteiger partial charge in [0.05, 0.1) is 6.10 Å². The molecule has 4 heteroatoms. The van der Waals surface area contributed by atoms with Crippen molar-refractivity contribution in [3.63, 3.8) is 0 Å². The third-order valence-corrected chi connectivity index (χ3v) is 5.09. The number of rotatable bonds is 15. The van der Waals surface area contributed by atoms with Crippen LogP contribution in [0.3, 0.4) is 0 Å². The third-order valence-electron chi connectivity index (χ3n) is 5.09. The Labute approximate surface area is 166 Å². The molecule has 0 saturated carbocycles. The Morgan fingerprint density at radius 2 is 1.37 bits per heavy atom. The Balaban J connectivity index is 3.10. The highest BCUT2D eigenvalue weighted by atomic mass is 16.9. The van der Waals surface area contributed by atoms with Gasteiger partial charge in [0.25, 0.3) is 0 Å². The summed E-state index contributed by atoms with van der Waals surface area (Å²) in [7, 11) is 4.87. The first-order valence-corrected chi connectivity index (χ1v) is 10.4. The van der Waals surface area contributed by atoms with E-state index >= 15 is 0 Å². The fraction of sp³-hybridized carbons (Fsp3) is 0.739. The van der Waals surface area contributed by atoms with Crippen molar-refractivity contribution in [3.05, 3.63) is 35.9 Å². The summed E-state index contributed by atoms with van der Waals surface area (Å²) in [5.74, 6) is -1.25. The largest absolute Gasteiger partial charge is 0.364 e. The van der Waals surface area contributed by atoms with E-state index in [9.17, 15) is 0 Å². The van der Waals surface area contributed by atoms with Gasteiger partial charge in [-0.25, -0.2) is 0 Å². The van der Waals surface area contributed by atoms with Gasteiger partial charge in [0.15, 0.2) is 5.60 Å². The van der Waals surface area contributed by atoms with Gasteiger partial charge in [-0.1, -0.05) is 75.8 Å². The van der Waals surface area contributed by atoms with Crippen LogP contribution in [-0.4, -0.2) is 39.0 Å². The van der Waals surface area contributed by atoms with E-state index in [1.807, 2.05) is 32.0 Å². The fourth-order valence-electron chi connectivity index (χ4n) is 3.90. The smallest absolute Gasteiger partial charge is 0.313 e. The Morgan fingerprint density at radius 1 is 0.815 bits per heavy atom. The highest BCUT2D eigenvalue weighted by molar-refractivity contribution is 5.18. The number of methoxy groups -OCH3 is 3. The van der Waals surface area contributed by atoms with Gasteiger partial charge < -0.3 is 18.9 Å². The van der Waals surface area contributed by atoms with Gasteiger partial charge in [-0.15, -0.1) is 0 Å². The molecular weight excluding hydrogens is 340 g/mol. The normalized spacial score (nSPS) is 14.5. The monoisotopic (exact) mass is 380 g/mol. The minimum atomic E-state index is -1.25. The molecule has 0 bridgehead atoms. The standard InChI is InChI=1S/C23H40O4/c1-7-8-9-10-11-15-18-22(27-20(2)3,23(24-4,25-5)26-6)19-21-16-13-12-14-17-21/h12-14,16-17,20H,7-11,15,18-19H2,1-6H3. The molecule has 0 fully saturated rings. The molecule has 0 amide bonds. The minimum Gasteiger partial charge on any atom is -0.364 e. The molecule has 1 unspecified atom stereocenters. The molecule has 1 atom stereocenters. The highest BCUT2D eigenvalue weighted by Gasteiger charge is 2.55. The van der Waals surface area contributed by atoms with Gasteiger partial charge in [0, 0.05) is 27.8 Å². The molecule has 0 aliphatic rings. The second-order valence-electron chi connectivity index (χ2n) is 7.51. The van der Waals surface area contributed by atoms with Crippen molar-refractivity contribution in [3.8, 4) is 0 Å². The van der Waals surface area contributed by atoms with Crippen molar-refractivity contribution < 1.29 is 18.9 Å². The van der Waals surface area contributed by atoms with E-state index in [-0.39, 0.29) is 6.10 Å². The number of ether oxygens (including phenoxy) is 4. The van der Waals surface area contributed by atoms with Crippen LogP contribution >= 0.6 is 0 Å². The van der Waals surface area contributed by atoms with E-state index in [0.29, 0.717) is 6.42 Å². The van der Waals surface area contributed by atoms with Crippen LogP contribution < -0.4 is 0 Å². The zero-order chi connectivity index (χ0) is 20.2. The van der Waals surface area contributed by atoms with E-state index in [0.717, 1.165) is 12.8 Å². The van der Waals surface area contributed by atoms with Crippen LogP contribution in [0, 0.1) is 0 Å². The first-order chi connectivity index (χ1) is 13.0. The van der Waals surface area contributed by atoms with Crippen molar-refractivity contribution in [1.82, 2.24) is 0 Å². The average molecular weight is 381 g/mol. The van der Waals surface area contributed by atoms with Crippen molar-refractivity contribution in [2.24, 2.45) is 0 Å². The molecular formula is C23H40O4. The Kier molecular flexibility index (Phi) is 11.2. The van der Waals surface area contributed by atoms with Crippen LogP contribution in [0.4, 0.5) is 0 Å². The summed E-state index contributed by atoms with van der Waals surface area (Å²) in [5.41, 5.74) is 0.450. The lowest BCUT2D eigenvalue weighted by Crippen LogP contribution is -2.61. The molecule has 0 spiro atoms. The van der Waals surface area contributed by atoms with Gasteiger partial charge in [-0.3, -0.25) is 0 Å². The maximum absolute atomic E-state index is 6.53. The molecule has 0 saturated heterocycles. The highest BCUT2D eigenvalue weighted by Crippen LogP contribution is 2.40. The predicted molar refractivity (Wildman–Crippen MR) is 111 cm³/mol. The number of benzene rings is 1. The SMILES string of the molecule is CCCCCCCCC(Cc1ccccc1)(OC(C)C)C(OC)(OC)OC. The predicted octanol–water partition coefficient (Wildman–Crippen LogP) is 5.74. The summed E-state index contributed by atoms with van der Waals surface area (Å²) in [6.45, 7) is 6.34. The molecule has 1 aromatic carbocycles. The number of unbranched alkanes of at least 4 members (excludes halogenated alkanes) is 5. The van der Waals surface area contributed by atoms with Crippen LogP contribution in [0.1, 0.15) is 71.3 Å². The second-order valence-corrected chi connectivity index (χ2v) is 7.51. The van der Waals surface area contributed by atoms with Crippen molar-refractivity contribution in [2.75, 3.05) is 21.3 Å². The van der Waals surface area contributed by atoms with E-state index in [1.165, 1.54) is 37.7 Å². The molecule has 156 valence electrons. The topological polar surface area (TPSA) is 36.9 Å². The fourth-order valence-corrected chi connectivity index (χ4v) is 3.90. The quantitative estimate of drug-likeness (QED) is 0.287. The molecule has 1 aromatic rings. The van der Waals surface area contributed by atoms with Crippen LogP contribution in [0.25, 0.3) is 0 Å². The molecule has 0 aliphatic carbocycles. The molecule has 0 aromatic heterocycles. The molecule has 0 heterocycles. The summed E-state index contributed by atoms with van der Waals surface area (Å²) in [4.78, 5) is 0. The third kappa shape index (κ3) is 6.86. The Hall–Kier alpha value is -0.940. The molecule has 4 nitrogen and oxygen atoms in total. The first kappa shape index (κ1) is 24.1. The summed E-state index contributed by atoms with van der Waals surface area (Å²) >= 11 is 0. The van der Waals surface area contributed by atoms with E-state index in [1.54, 1.807) is 21.3 Å². The number of hydrogen-bond donors (Lipinski definition) is 0. The summed E-state index contributed by atoms with van der Waals surface area (Å²) in [6.07, 6.45) is 8.80. The maximum Gasteiger partial charge on any atom is 0.313 e. The van der Waals surface area contributed by atoms with Crippen molar-refractivity contribution in [2.45, 2.75) is 89.8 Å². The maximum atomic E-state index is 6.53. The number of hydrogen-bond acceptors (Lipinski definition) is 4. The van der Waals surface area contributed by atoms with E-state index in [2.05, 4.69) is 19.1 Å². The Bertz CT molecular complexity index is 476. The zero-order valence-electron chi connectivity index (χ0n) is 18.3. The zero-order valence-corrected chi connectivity index (χ0v) is 18.3. The lowest BCUT2D eigenvalue weighted by atomic mass is 9.85. The van der Waals surface area contributed by atoms with Gasteiger partial charge >= 0.3 is 5.97 Å². The summed E-state index contributed by atoms with van der Waals surface area (Å²) in [6, 6.07) is 10.4. The molecule has 0 radical (unpaired) electrons. The van der Waals surface area contributed by atoms with E-state index in [4.69, 9.17) is 18.9 Å². The second kappa shape index (κ2) is 12.5. The van der Waals surface area contributed by atoms with Crippen molar-refractivity contribution in [1.29, 1.82) is 0 Å². The minimum absolute atomic E-state index is 0.0219. The van der Waals surface area contributed by atoms with Gasteiger partial charge in [-0.05, 0) is 25.8 Å².